The third-order valence-corrected chi connectivity index (χ3v) is 4.06. The SMILES string of the molecule is CCCCCCCCCCCC[n+]1ccc(C(N)=NO)cc1. The molecule has 0 aliphatic rings. The molecule has 0 amide bonds. The maximum Gasteiger partial charge on any atom is 0.170 e. The van der Waals surface area contributed by atoms with E-state index in [1.54, 1.807) is 0 Å². The molecule has 0 aliphatic heterocycles. The second-order valence-corrected chi connectivity index (χ2v) is 5.99. The molecule has 3 N–H and O–H groups in total. The highest BCUT2D eigenvalue weighted by atomic mass is 16.4. The van der Waals surface area contributed by atoms with Gasteiger partial charge in [-0.1, -0.05) is 63.4 Å². The molecule has 0 saturated heterocycles. The van der Waals surface area contributed by atoms with E-state index in [9.17, 15) is 0 Å². The molecule has 0 aliphatic carbocycles. The van der Waals surface area contributed by atoms with Crippen LogP contribution >= 0.6 is 0 Å². The number of nitrogens with two attached hydrogens (primary N) is 1. The van der Waals surface area contributed by atoms with Crippen LogP contribution in [-0.4, -0.2) is 11.0 Å². The van der Waals surface area contributed by atoms with E-state index >= 15 is 0 Å². The van der Waals surface area contributed by atoms with Gasteiger partial charge >= 0.3 is 0 Å². The van der Waals surface area contributed by atoms with Gasteiger partial charge in [0.15, 0.2) is 18.2 Å². The van der Waals surface area contributed by atoms with Crippen LogP contribution < -0.4 is 10.3 Å². The van der Waals surface area contributed by atoms with E-state index in [1.165, 1.54) is 64.2 Å². The van der Waals surface area contributed by atoms with Crippen LogP contribution in [0, 0.1) is 0 Å². The minimum Gasteiger partial charge on any atom is -0.409 e. The molecule has 0 spiro atoms. The average Bonchev–Trinajstić information content (AvgIpc) is 2.56. The van der Waals surface area contributed by atoms with Crippen molar-refractivity contribution in [2.45, 2.75) is 77.7 Å². The Kier molecular flexibility index (Phi) is 10.1. The first-order valence-electron chi connectivity index (χ1n) is 8.75. The summed E-state index contributed by atoms with van der Waals surface area (Å²) < 4.78 is 2.15. The number of pyridine rings is 1. The van der Waals surface area contributed by atoms with Crippen molar-refractivity contribution < 1.29 is 9.77 Å². The van der Waals surface area contributed by atoms with E-state index in [4.69, 9.17) is 10.9 Å². The fourth-order valence-corrected chi connectivity index (χ4v) is 2.62. The Morgan fingerprint density at radius 3 is 1.95 bits per heavy atom. The first-order chi connectivity index (χ1) is 10.8. The molecule has 1 aromatic rings. The van der Waals surface area contributed by atoms with Crippen LogP contribution in [0.5, 0.6) is 0 Å². The van der Waals surface area contributed by atoms with Gasteiger partial charge in [-0.2, -0.15) is 0 Å². The van der Waals surface area contributed by atoms with Gasteiger partial charge in [0.25, 0.3) is 0 Å². The summed E-state index contributed by atoms with van der Waals surface area (Å²) in [5.74, 6) is 0.158. The predicted molar refractivity (Wildman–Crippen MR) is 91.0 cm³/mol. The van der Waals surface area contributed by atoms with Crippen molar-refractivity contribution >= 4 is 5.84 Å². The fraction of sp³-hybridized carbons (Fsp3) is 0.667. The van der Waals surface area contributed by atoms with E-state index in [1.807, 2.05) is 24.5 Å². The second-order valence-electron chi connectivity index (χ2n) is 5.99. The van der Waals surface area contributed by atoms with Gasteiger partial charge in [0.1, 0.15) is 6.54 Å². The highest BCUT2D eigenvalue weighted by Gasteiger charge is 2.03. The summed E-state index contributed by atoms with van der Waals surface area (Å²) in [7, 11) is 0. The third-order valence-electron chi connectivity index (χ3n) is 4.06. The van der Waals surface area contributed by atoms with Crippen LogP contribution in [0.25, 0.3) is 0 Å². The summed E-state index contributed by atoms with van der Waals surface area (Å²) in [5, 5.41) is 11.6. The van der Waals surface area contributed by atoms with Crippen LogP contribution in [0.3, 0.4) is 0 Å². The molecule has 0 aromatic carbocycles. The van der Waals surface area contributed by atoms with Gasteiger partial charge in [-0.3, -0.25) is 0 Å². The number of amidine groups is 1. The van der Waals surface area contributed by atoms with Crippen molar-refractivity contribution in [1.82, 2.24) is 0 Å². The smallest absolute Gasteiger partial charge is 0.170 e. The number of aromatic nitrogens is 1. The van der Waals surface area contributed by atoms with Crippen molar-refractivity contribution in [2.24, 2.45) is 10.9 Å². The summed E-state index contributed by atoms with van der Waals surface area (Å²) >= 11 is 0. The minimum absolute atomic E-state index is 0.158. The van der Waals surface area contributed by atoms with E-state index in [0.717, 1.165) is 12.1 Å². The molecule has 4 heteroatoms. The standard InChI is InChI=1S/C18H31N3O/c1-2-3-4-5-6-7-8-9-10-11-14-21-15-12-17(13-16-21)18(19)20-22/h12-13,15-16H,2-11,14,19H2,1H3/p+1. The molecule has 1 heterocycles. The number of rotatable bonds is 12. The number of hydrogen-bond acceptors (Lipinski definition) is 2. The topological polar surface area (TPSA) is 62.5 Å². The van der Waals surface area contributed by atoms with Gasteiger partial charge in [-0.05, 0) is 6.42 Å². The highest BCUT2D eigenvalue weighted by molar-refractivity contribution is 5.96. The Morgan fingerprint density at radius 2 is 1.45 bits per heavy atom. The van der Waals surface area contributed by atoms with Gasteiger partial charge in [0, 0.05) is 24.1 Å². The molecule has 0 bridgehead atoms. The summed E-state index contributed by atoms with van der Waals surface area (Å²) in [6.45, 7) is 3.30. The zero-order valence-electron chi connectivity index (χ0n) is 14.0. The van der Waals surface area contributed by atoms with Crippen LogP contribution in [0.4, 0.5) is 0 Å². The summed E-state index contributed by atoms with van der Waals surface area (Å²) in [4.78, 5) is 0. The van der Waals surface area contributed by atoms with Crippen LogP contribution in [0.1, 0.15) is 76.7 Å². The van der Waals surface area contributed by atoms with Crippen LogP contribution in [-0.2, 0) is 6.54 Å². The first kappa shape index (κ1) is 18.5. The van der Waals surface area contributed by atoms with Gasteiger partial charge < -0.3 is 10.9 Å². The van der Waals surface area contributed by atoms with Crippen molar-refractivity contribution in [3.8, 4) is 0 Å². The maximum atomic E-state index is 8.62. The minimum atomic E-state index is 0.158. The number of hydrogen-bond donors (Lipinski definition) is 2. The van der Waals surface area contributed by atoms with E-state index in [2.05, 4.69) is 16.6 Å². The average molecular weight is 306 g/mol. The normalized spacial score (nSPS) is 11.8. The zero-order chi connectivity index (χ0) is 16.0. The quantitative estimate of drug-likeness (QED) is 0.153. The highest BCUT2D eigenvalue weighted by Crippen LogP contribution is 2.10. The zero-order valence-corrected chi connectivity index (χ0v) is 14.0. The molecule has 22 heavy (non-hydrogen) atoms. The Balaban J connectivity index is 2.03. The van der Waals surface area contributed by atoms with Gasteiger partial charge in [0.2, 0.25) is 0 Å². The fourth-order valence-electron chi connectivity index (χ4n) is 2.62. The lowest BCUT2D eigenvalue weighted by atomic mass is 10.1. The monoisotopic (exact) mass is 306 g/mol. The molecule has 124 valence electrons. The van der Waals surface area contributed by atoms with Crippen molar-refractivity contribution in [3.63, 3.8) is 0 Å². The number of unbranched alkanes of at least 4 members (excludes halogenated alkanes) is 9. The van der Waals surface area contributed by atoms with Gasteiger partial charge in [0.05, 0.1) is 0 Å². The second kappa shape index (κ2) is 12.0. The Morgan fingerprint density at radius 1 is 0.955 bits per heavy atom. The molecular formula is C18H32N3O+. The van der Waals surface area contributed by atoms with Crippen LogP contribution in [0.2, 0.25) is 0 Å². The molecule has 0 atom stereocenters. The lowest BCUT2D eigenvalue weighted by molar-refractivity contribution is -0.697. The van der Waals surface area contributed by atoms with Gasteiger partial charge in [-0.25, -0.2) is 4.57 Å². The Bertz CT molecular complexity index is 415. The number of nitrogens with zero attached hydrogens (tertiary/aromatic N) is 2. The summed E-state index contributed by atoms with van der Waals surface area (Å²) in [6.07, 6.45) is 17.6. The summed E-state index contributed by atoms with van der Waals surface area (Å²) in [6, 6.07) is 3.76. The van der Waals surface area contributed by atoms with E-state index in [0.29, 0.717) is 0 Å². The van der Waals surface area contributed by atoms with Crippen LogP contribution in [0.15, 0.2) is 29.7 Å². The lowest BCUT2D eigenvalue weighted by Crippen LogP contribution is -2.33. The molecule has 1 rings (SSSR count). The Hall–Kier alpha value is -1.58. The molecule has 0 radical (unpaired) electrons. The maximum absolute atomic E-state index is 8.62. The molecule has 1 aromatic heterocycles. The lowest BCUT2D eigenvalue weighted by Gasteiger charge is -2.02. The van der Waals surface area contributed by atoms with E-state index < -0.39 is 0 Å². The number of oxime groups is 1. The molecule has 0 fully saturated rings. The van der Waals surface area contributed by atoms with Gasteiger partial charge in [-0.15, -0.1) is 0 Å². The summed E-state index contributed by atoms with van der Waals surface area (Å²) in [5.41, 5.74) is 6.29. The predicted octanol–water partition coefficient (Wildman–Crippen LogP) is 3.99. The van der Waals surface area contributed by atoms with E-state index in [-0.39, 0.29) is 5.84 Å². The number of aryl methyl sites for hydroxylation is 1. The molecule has 4 nitrogen and oxygen atoms in total. The molecular weight excluding hydrogens is 274 g/mol. The first-order valence-corrected chi connectivity index (χ1v) is 8.75. The van der Waals surface area contributed by atoms with Crippen molar-refractivity contribution in [3.05, 3.63) is 30.1 Å². The van der Waals surface area contributed by atoms with Crippen molar-refractivity contribution in [1.29, 1.82) is 0 Å². The largest absolute Gasteiger partial charge is 0.409 e. The van der Waals surface area contributed by atoms with Crippen molar-refractivity contribution in [2.75, 3.05) is 0 Å². The Labute approximate surface area is 135 Å². The third kappa shape index (κ3) is 8.01. The molecule has 0 saturated carbocycles. The molecule has 0 unspecified atom stereocenters.